The Morgan fingerprint density at radius 3 is 2.39 bits per heavy atom. The summed E-state index contributed by atoms with van der Waals surface area (Å²) in [6.07, 6.45) is -2.30. The first-order valence-electron chi connectivity index (χ1n) is 5.16. The molecule has 0 aliphatic rings. The maximum absolute atomic E-state index is 12.4. The molecule has 7 heteroatoms. The molecule has 1 unspecified atom stereocenters. The quantitative estimate of drug-likeness (QED) is 0.935. The van der Waals surface area contributed by atoms with E-state index < -0.39 is 11.7 Å². The highest BCUT2D eigenvalue weighted by Crippen LogP contribution is 2.29. The molecule has 0 amide bonds. The molecular formula is C11H10F3N3S. The summed E-state index contributed by atoms with van der Waals surface area (Å²) in [7, 11) is 0. The molecule has 2 aromatic rings. The lowest BCUT2D eigenvalue weighted by Crippen LogP contribution is -2.14. The van der Waals surface area contributed by atoms with Gasteiger partial charge in [-0.1, -0.05) is 12.1 Å². The summed E-state index contributed by atoms with van der Waals surface area (Å²) in [5.41, 5.74) is 6.61. The molecule has 0 radical (unpaired) electrons. The Hall–Kier alpha value is -1.47. The summed E-state index contributed by atoms with van der Waals surface area (Å²) in [5, 5.41) is 0. The minimum absolute atomic E-state index is 0.347. The summed E-state index contributed by atoms with van der Waals surface area (Å²) in [6, 6.07) is 4.63. The Morgan fingerprint density at radius 1 is 1.22 bits per heavy atom. The summed E-state index contributed by atoms with van der Waals surface area (Å²) in [4.78, 5) is 0. The van der Waals surface area contributed by atoms with Crippen LogP contribution in [0.3, 0.4) is 0 Å². The summed E-state index contributed by atoms with van der Waals surface area (Å²) in [6.45, 7) is 0. The molecule has 0 bridgehead atoms. The highest BCUT2D eigenvalue weighted by molar-refractivity contribution is 6.99. The van der Waals surface area contributed by atoms with Crippen LogP contribution in [-0.4, -0.2) is 8.75 Å². The number of benzene rings is 1. The minimum Gasteiger partial charge on any atom is -0.322 e. The third-order valence-corrected chi connectivity index (χ3v) is 2.99. The van der Waals surface area contributed by atoms with Gasteiger partial charge in [-0.25, -0.2) is 0 Å². The second-order valence-electron chi connectivity index (χ2n) is 3.84. The molecule has 0 fully saturated rings. The standard InChI is InChI=1S/C11H10F3N3S/c12-11(13,14)8-3-1-7(2-4-8)5-9(15)10-6-16-18-17-10/h1-4,6,9H,5,15H2. The predicted octanol–water partition coefficient (Wildman–Crippen LogP) is 2.80. The van der Waals surface area contributed by atoms with Crippen LogP contribution in [0, 0.1) is 0 Å². The first kappa shape index (κ1) is 13.0. The van der Waals surface area contributed by atoms with Crippen LogP contribution in [0.2, 0.25) is 0 Å². The maximum atomic E-state index is 12.4. The van der Waals surface area contributed by atoms with Crippen molar-refractivity contribution >= 4 is 11.7 Å². The van der Waals surface area contributed by atoms with Crippen LogP contribution in [0.1, 0.15) is 22.9 Å². The van der Waals surface area contributed by atoms with E-state index in [-0.39, 0.29) is 6.04 Å². The van der Waals surface area contributed by atoms with Gasteiger partial charge in [0.2, 0.25) is 0 Å². The second kappa shape index (κ2) is 5.03. The molecule has 96 valence electrons. The highest BCUT2D eigenvalue weighted by atomic mass is 32.1. The van der Waals surface area contributed by atoms with E-state index in [0.717, 1.165) is 29.4 Å². The van der Waals surface area contributed by atoms with E-state index >= 15 is 0 Å². The summed E-state index contributed by atoms with van der Waals surface area (Å²) in [5.74, 6) is 0. The molecule has 0 saturated heterocycles. The number of hydrogen-bond donors (Lipinski definition) is 1. The molecule has 18 heavy (non-hydrogen) atoms. The van der Waals surface area contributed by atoms with Gasteiger partial charge in [-0.2, -0.15) is 21.9 Å². The van der Waals surface area contributed by atoms with Crippen molar-refractivity contribution in [3.8, 4) is 0 Å². The fourth-order valence-electron chi connectivity index (χ4n) is 1.52. The molecular weight excluding hydrogens is 263 g/mol. The third kappa shape index (κ3) is 3.05. The monoisotopic (exact) mass is 273 g/mol. The van der Waals surface area contributed by atoms with Crippen molar-refractivity contribution in [1.82, 2.24) is 8.75 Å². The van der Waals surface area contributed by atoms with E-state index in [4.69, 9.17) is 5.73 Å². The number of alkyl halides is 3. The molecule has 1 atom stereocenters. The lowest BCUT2D eigenvalue weighted by Gasteiger charge is -2.10. The third-order valence-electron chi connectivity index (χ3n) is 2.50. The van der Waals surface area contributed by atoms with Crippen molar-refractivity contribution in [2.24, 2.45) is 5.73 Å². The number of aromatic nitrogens is 2. The first-order chi connectivity index (χ1) is 8.47. The number of rotatable bonds is 3. The number of nitrogens with zero attached hydrogens (tertiary/aromatic N) is 2. The Labute approximate surface area is 106 Å². The van der Waals surface area contributed by atoms with Crippen molar-refractivity contribution in [2.75, 3.05) is 0 Å². The van der Waals surface area contributed by atoms with E-state index in [1.54, 1.807) is 6.20 Å². The largest absolute Gasteiger partial charge is 0.416 e. The normalized spacial score (nSPS) is 13.6. The van der Waals surface area contributed by atoms with Gasteiger partial charge in [0, 0.05) is 0 Å². The van der Waals surface area contributed by atoms with Gasteiger partial charge >= 0.3 is 6.18 Å². The van der Waals surface area contributed by atoms with E-state index in [0.29, 0.717) is 12.1 Å². The first-order valence-corrected chi connectivity index (χ1v) is 5.89. The molecule has 2 N–H and O–H groups in total. The zero-order valence-corrected chi connectivity index (χ0v) is 10.0. The van der Waals surface area contributed by atoms with Crippen molar-refractivity contribution < 1.29 is 13.2 Å². The van der Waals surface area contributed by atoms with E-state index in [2.05, 4.69) is 8.75 Å². The lowest BCUT2D eigenvalue weighted by molar-refractivity contribution is -0.137. The number of nitrogens with two attached hydrogens (primary N) is 1. The second-order valence-corrected chi connectivity index (χ2v) is 4.39. The zero-order valence-electron chi connectivity index (χ0n) is 9.19. The Balaban J connectivity index is 2.07. The number of halogens is 3. The molecule has 1 aromatic carbocycles. The van der Waals surface area contributed by atoms with Gasteiger partial charge in [0.1, 0.15) is 0 Å². The molecule has 2 rings (SSSR count). The summed E-state index contributed by atoms with van der Waals surface area (Å²) >= 11 is 1.06. The van der Waals surface area contributed by atoms with Gasteiger partial charge in [-0.3, -0.25) is 0 Å². The van der Waals surface area contributed by atoms with Crippen LogP contribution in [0.15, 0.2) is 30.5 Å². The van der Waals surface area contributed by atoms with Crippen LogP contribution in [0.5, 0.6) is 0 Å². The van der Waals surface area contributed by atoms with Gasteiger partial charge in [0.25, 0.3) is 0 Å². The van der Waals surface area contributed by atoms with E-state index in [9.17, 15) is 13.2 Å². The fourth-order valence-corrected chi connectivity index (χ4v) is 2.00. The molecule has 3 nitrogen and oxygen atoms in total. The van der Waals surface area contributed by atoms with Crippen LogP contribution >= 0.6 is 11.7 Å². The highest BCUT2D eigenvalue weighted by Gasteiger charge is 2.29. The zero-order chi connectivity index (χ0) is 13.2. The van der Waals surface area contributed by atoms with Gasteiger partial charge < -0.3 is 5.73 Å². The topological polar surface area (TPSA) is 51.8 Å². The Bertz CT molecular complexity index is 493. The molecule has 1 heterocycles. The predicted molar refractivity (Wildman–Crippen MR) is 62.0 cm³/mol. The van der Waals surface area contributed by atoms with Crippen molar-refractivity contribution in [3.05, 3.63) is 47.3 Å². The smallest absolute Gasteiger partial charge is 0.322 e. The number of hydrogen-bond acceptors (Lipinski definition) is 4. The van der Waals surface area contributed by atoms with Crippen LogP contribution < -0.4 is 5.73 Å². The van der Waals surface area contributed by atoms with Gasteiger partial charge in [0.05, 0.1) is 35.2 Å². The minimum atomic E-state index is -4.31. The van der Waals surface area contributed by atoms with Gasteiger partial charge in [0.15, 0.2) is 0 Å². The van der Waals surface area contributed by atoms with Crippen molar-refractivity contribution in [3.63, 3.8) is 0 Å². The Morgan fingerprint density at radius 2 is 1.89 bits per heavy atom. The molecule has 0 aliphatic heterocycles. The van der Waals surface area contributed by atoms with Gasteiger partial charge in [-0.05, 0) is 24.1 Å². The van der Waals surface area contributed by atoms with Crippen molar-refractivity contribution in [2.45, 2.75) is 18.6 Å². The summed E-state index contributed by atoms with van der Waals surface area (Å²) < 4.78 is 44.9. The maximum Gasteiger partial charge on any atom is 0.416 e. The molecule has 1 aromatic heterocycles. The molecule has 0 aliphatic carbocycles. The van der Waals surface area contributed by atoms with Crippen LogP contribution in [0.25, 0.3) is 0 Å². The average molecular weight is 273 g/mol. The SMILES string of the molecule is NC(Cc1ccc(C(F)(F)F)cc1)c1cnsn1. The molecule has 0 saturated carbocycles. The van der Waals surface area contributed by atoms with Crippen LogP contribution in [0.4, 0.5) is 13.2 Å². The fraction of sp³-hybridized carbons (Fsp3) is 0.273. The van der Waals surface area contributed by atoms with E-state index in [1.165, 1.54) is 12.1 Å². The molecule has 0 spiro atoms. The van der Waals surface area contributed by atoms with Crippen molar-refractivity contribution in [1.29, 1.82) is 0 Å². The average Bonchev–Trinajstić information content (AvgIpc) is 2.82. The van der Waals surface area contributed by atoms with Gasteiger partial charge in [-0.15, -0.1) is 0 Å². The van der Waals surface area contributed by atoms with Crippen LogP contribution in [-0.2, 0) is 12.6 Å². The Kier molecular flexibility index (Phi) is 3.63. The van der Waals surface area contributed by atoms with E-state index in [1.807, 2.05) is 0 Å². The lowest BCUT2D eigenvalue weighted by atomic mass is 10.0.